The highest BCUT2D eigenvalue weighted by Crippen LogP contribution is 2.38. The van der Waals surface area contributed by atoms with Crippen LogP contribution in [0.2, 0.25) is 0 Å². The van der Waals surface area contributed by atoms with E-state index in [4.69, 9.17) is 9.47 Å². The van der Waals surface area contributed by atoms with Crippen molar-refractivity contribution in [3.8, 4) is 22.9 Å². The van der Waals surface area contributed by atoms with Crippen LogP contribution in [-0.2, 0) is 4.79 Å². The van der Waals surface area contributed by atoms with Crippen LogP contribution >= 0.6 is 23.7 Å². The van der Waals surface area contributed by atoms with E-state index in [1.54, 1.807) is 35.8 Å². The minimum Gasteiger partial charge on any atom is -0.497 e. The van der Waals surface area contributed by atoms with Crippen molar-refractivity contribution in [2.75, 3.05) is 7.11 Å². The van der Waals surface area contributed by atoms with E-state index in [1.807, 2.05) is 12.1 Å². The highest BCUT2D eigenvalue weighted by atomic mass is 35.5. The Morgan fingerprint density at radius 2 is 1.86 bits per heavy atom. The summed E-state index contributed by atoms with van der Waals surface area (Å²) in [6.45, 7) is 1.33. The van der Waals surface area contributed by atoms with Crippen LogP contribution < -0.4 is 9.47 Å². The molecular weight excluding hydrogens is 404 g/mol. The molecule has 0 radical (unpaired) electrons. The monoisotopic (exact) mass is 418 g/mol. The number of rotatable bonds is 4. The lowest BCUT2D eigenvalue weighted by Crippen LogP contribution is -2.04. The van der Waals surface area contributed by atoms with Crippen LogP contribution in [-0.4, -0.2) is 33.5 Å². The molecular formula is C19H15ClN2O5S. The maximum absolute atomic E-state index is 11.7. The van der Waals surface area contributed by atoms with Gasteiger partial charge in [0.05, 0.1) is 22.9 Å². The summed E-state index contributed by atoms with van der Waals surface area (Å²) in [5.74, 6) is -0.451. The number of halogens is 1. The number of esters is 1. The topological polar surface area (TPSA) is 90.1 Å². The number of carbonyl (C=O) groups is 2. The largest absolute Gasteiger partial charge is 0.497 e. The number of thiazole rings is 1. The standard InChI is InChI=1S/C19H14N2O5S.ClH/c1-10(22)26-17-16(11-3-6-13(25-2)7-4-11)20-19-21(17)14-8-5-12(18(23)24)9-15(14)27-19;/h3-9H,1-2H3,(H,23,24);1H. The summed E-state index contributed by atoms with van der Waals surface area (Å²) in [6, 6.07) is 12.1. The summed E-state index contributed by atoms with van der Waals surface area (Å²) in [4.78, 5) is 28.1. The maximum Gasteiger partial charge on any atom is 0.335 e. The normalized spacial score (nSPS) is 10.6. The number of hydrogen-bond donors (Lipinski definition) is 1. The van der Waals surface area contributed by atoms with Gasteiger partial charge in [0.1, 0.15) is 11.4 Å². The molecule has 2 aromatic heterocycles. The molecule has 0 aliphatic carbocycles. The lowest BCUT2D eigenvalue weighted by Gasteiger charge is -2.06. The molecule has 1 N–H and O–H groups in total. The molecule has 2 heterocycles. The number of fused-ring (bicyclic) bond motifs is 3. The molecule has 2 aromatic carbocycles. The fourth-order valence-electron chi connectivity index (χ4n) is 2.85. The molecule has 144 valence electrons. The van der Waals surface area contributed by atoms with E-state index in [0.717, 1.165) is 15.8 Å². The average molecular weight is 419 g/mol. The summed E-state index contributed by atoms with van der Waals surface area (Å²) in [5.41, 5.74) is 2.22. The molecule has 0 bridgehead atoms. The molecule has 4 aromatic rings. The zero-order valence-corrected chi connectivity index (χ0v) is 16.5. The SMILES string of the molecule is COc1ccc(-c2nc3sc4cc(C(=O)O)ccc4n3c2OC(C)=O)cc1.Cl. The smallest absolute Gasteiger partial charge is 0.335 e. The Hall–Kier alpha value is -3.10. The van der Waals surface area contributed by atoms with Crippen LogP contribution in [0.4, 0.5) is 0 Å². The highest BCUT2D eigenvalue weighted by molar-refractivity contribution is 7.23. The molecule has 0 saturated carbocycles. The zero-order valence-electron chi connectivity index (χ0n) is 14.8. The number of aromatic carboxylic acids is 1. The van der Waals surface area contributed by atoms with E-state index in [0.29, 0.717) is 22.3 Å². The van der Waals surface area contributed by atoms with Gasteiger partial charge in [-0.25, -0.2) is 9.78 Å². The van der Waals surface area contributed by atoms with Crippen molar-refractivity contribution >= 4 is 50.9 Å². The van der Waals surface area contributed by atoms with Gasteiger partial charge in [-0.15, -0.1) is 12.4 Å². The number of imidazole rings is 1. The van der Waals surface area contributed by atoms with E-state index < -0.39 is 11.9 Å². The van der Waals surface area contributed by atoms with E-state index in [-0.39, 0.29) is 18.0 Å². The van der Waals surface area contributed by atoms with Crippen molar-refractivity contribution in [2.24, 2.45) is 0 Å². The third-order valence-corrected chi connectivity index (χ3v) is 5.06. The molecule has 0 amide bonds. The first kappa shape index (κ1) is 19.7. The number of nitrogens with zero attached hydrogens (tertiary/aromatic N) is 2. The Bertz CT molecular complexity index is 1200. The number of carbonyl (C=O) groups excluding carboxylic acids is 1. The van der Waals surface area contributed by atoms with E-state index in [2.05, 4.69) is 4.98 Å². The molecule has 0 aliphatic rings. The van der Waals surface area contributed by atoms with Crippen LogP contribution in [0.5, 0.6) is 11.6 Å². The van der Waals surface area contributed by atoms with Gasteiger partial charge in [0.2, 0.25) is 5.88 Å². The molecule has 0 atom stereocenters. The van der Waals surface area contributed by atoms with Crippen molar-refractivity contribution in [2.45, 2.75) is 6.92 Å². The molecule has 7 nitrogen and oxygen atoms in total. The zero-order chi connectivity index (χ0) is 19.1. The number of aromatic nitrogens is 2. The van der Waals surface area contributed by atoms with Crippen LogP contribution in [0.25, 0.3) is 26.4 Å². The van der Waals surface area contributed by atoms with Gasteiger partial charge in [0.15, 0.2) is 4.96 Å². The van der Waals surface area contributed by atoms with Gasteiger partial charge in [-0.3, -0.25) is 9.20 Å². The predicted octanol–water partition coefficient (Wildman–Crippen LogP) is 4.27. The van der Waals surface area contributed by atoms with Crippen LogP contribution in [0.1, 0.15) is 17.3 Å². The van der Waals surface area contributed by atoms with E-state index in [1.165, 1.54) is 24.3 Å². The lowest BCUT2D eigenvalue weighted by atomic mass is 10.1. The molecule has 9 heteroatoms. The quantitative estimate of drug-likeness (QED) is 0.498. The maximum atomic E-state index is 11.7. The average Bonchev–Trinajstić information content (AvgIpc) is 3.17. The number of hydrogen-bond acceptors (Lipinski definition) is 6. The van der Waals surface area contributed by atoms with Crippen molar-refractivity contribution in [1.82, 2.24) is 9.38 Å². The summed E-state index contributed by atoms with van der Waals surface area (Å²) >= 11 is 1.33. The second kappa shape index (κ2) is 7.49. The van der Waals surface area contributed by atoms with E-state index >= 15 is 0 Å². The Balaban J connectivity index is 0.00000225. The minimum atomic E-state index is -0.998. The van der Waals surface area contributed by atoms with Gasteiger partial charge in [0.25, 0.3) is 0 Å². The lowest BCUT2D eigenvalue weighted by molar-refractivity contribution is -0.132. The second-order valence-corrected chi connectivity index (χ2v) is 6.80. The Kier molecular flexibility index (Phi) is 5.26. The van der Waals surface area contributed by atoms with Crippen LogP contribution in [0.3, 0.4) is 0 Å². The molecule has 28 heavy (non-hydrogen) atoms. The molecule has 0 aliphatic heterocycles. The third-order valence-electron chi connectivity index (χ3n) is 4.06. The number of methoxy groups -OCH3 is 1. The summed E-state index contributed by atoms with van der Waals surface area (Å²) in [5, 5.41) is 9.18. The predicted molar refractivity (Wildman–Crippen MR) is 108 cm³/mol. The fourth-order valence-corrected chi connectivity index (χ4v) is 3.90. The number of carboxylic acids is 1. The summed E-state index contributed by atoms with van der Waals surface area (Å²) < 4.78 is 13.1. The Labute approximate surface area is 169 Å². The van der Waals surface area contributed by atoms with Gasteiger partial charge in [-0.05, 0) is 42.5 Å². The fraction of sp³-hybridized carbons (Fsp3) is 0.105. The molecule has 0 spiro atoms. The number of benzene rings is 2. The number of carboxylic acid groups (broad SMARTS) is 1. The first-order valence-corrected chi connectivity index (χ1v) is 8.80. The van der Waals surface area contributed by atoms with Gasteiger partial charge >= 0.3 is 11.9 Å². The van der Waals surface area contributed by atoms with E-state index in [9.17, 15) is 14.7 Å². The van der Waals surface area contributed by atoms with Crippen LogP contribution in [0.15, 0.2) is 42.5 Å². The van der Waals surface area contributed by atoms with Gasteiger partial charge in [0, 0.05) is 12.5 Å². The van der Waals surface area contributed by atoms with Gasteiger partial charge in [-0.2, -0.15) is 0 Å². The van der Waals surface area contributed by atoms with Gasteiger partial charge in [-0.1, -0.05) is 11.3 Å². The highest BCUT2D eigenvalue weighted by Gasteiger charge is 2.21. The number of ether oxygens (including phenoxy) is 2. The Morgan fingerprint density at radius 3 is 2.46 bits per heavy atom. The molecule has 0 fully saturated rings. The van der Waals surface area contributed by atoms with Gasteiger partial charge < -0.3 is 14.6 Å². The molecule has 0 saturated heterocycles. The molecule has 4 rings (SSSR count). The molecule has 0 unspecified atom stereocenters. The van der Waals surface area contributed by atoms with Crippen LogP contribution in [0, 0.1) is 0 Å². The first-order chi connectivity index (χ1) is 13.0. The van der Waals surface area contributed by atoms with Crippen molar-refractivity contribution in [1.29, 1.82) is 0 Å². The summed E-state index contributed by atoms with van der Waals surface area (Å²) in [7, 11) is 1.59. The van der Waals surface area contributed by atoms with Crippen molar-refractivity contribution < 1.29 is 24.2 Å². The van der Waals surface area contributed by atoms with Crippen molar-refractivity contribution in [3.63, 3.8) is 0 Å². The Morgan fingerprint density at radius 1 is 1.14 bits per heavy atom. The third kappa shape index (κ3) is 3.28. The summed E-state index contributed by atoms with van der Waals surface area (Å²) in [6.07, 6.45) is 0. The minimum absolute atomic E-state index is 0. The first-order valence-electron chi connectivity index (χ1n) is 7.99. The van der Waals surface area contributed by atoms with Crippen molar-refractivity contribution in [3.05, 3.63) is 48.0 Å². The second-order valence-electron chi connectivity index (χ2n) is 5.80.